The van der Waals surface area contributed by atoms with Crippen molar-refractivity contribution in [3.05, 3.63) is 12.8 Å². The van der Waals surface area contributed by atoms with Gasteiger partial charge in [-0.15, -0.1) is 0 Å². The predicted octanol–water partition coefficient (Wildman–Crippen LogP) is 1.52. The predicted molar refractivity (Wildman–Crippen MR) is 59.1 cm³/mol. The first kappa shape index (κ1) is 11.5. The molecule has 3 nitrogen and oxygen atoms in total. The van der Waals surface area contributed by atoms with Crippen molar-refractivity contribution in [1.29, 1.82) is 0 Å². The Morgan fingerprint density at radius 2 is 2.00 bits per heavy atom. The van der Waals surface area contributed by atoms with Gasteiger partial charge in [0.25, 0.3) is 0 Å². The molecule has 14 heavy (non-hydrogen) atoms. The third-order valence-electron chi connectivity index (χ3n) is 2.60. The molecule has 0 N–H and O–H groups in total. The molecule has 0 radical (unpaired) electrons. The summed E-state index contributed by atoms with van der Waals surface area (Å²) >= 11 is 0. The minimum Gasteiger partial charge on any atom is -0.500 e. The molecule has 1 aliphatic heterocycles. The van der Waals surface area contributed by atoms with Gasteiger partial charge in [0.2, 0.25) is 0 Å². The number of rotatable bonds is 7. The van der Waals surface area contributed by atoms with E-state index < -0.39 is 0 Å². The van der Waals surface area contributed by atoms with Gasteiger partial charge in [-0.25, -0.2) is 0 Å². The van der Waals surface area contributed by atoms with Crippen LogP contribution in [0.15, 0.2) is 12.8 Å². The number of unbranched alkanes of at least 4 members (excludes halogenated alkanes) is 1. The van der Waals surface area contributed by atoms with E-state index in [0.29, 0.717) is 0 Å². The number of hydrogen-bond acceptors (Lipinski definition) is 3. The van der Waals surface area contributed by atoms with Crippen LogP contribution in [0, 0.1) is 0 Å². The molecule has 0 amide bonds. The van der Waals surface area contributed by atoms with E-state index in [1.165, 1.54) is 38.7 Å². The summed E-state index contributed by atoms with van der Waals surface area (Å²) in [5.74, 6) is 0. The van der Waals surface area contributed by atoms with Crippen LogP contribution < -0.4 is 0 Å². The maximum Gasteiger partial charge on any atom is 0.1000 e. The fourth-order valence-electron chi connectivity index (χ4n) is 1.72. The van der Waals surface area contributed by atoms with Crippen LogP contribution in [0.1, 0.15) is 19.8 Å². The molecule has 1 aliphatic rings. The van der Waals surface area contributed by atoms with E-state index in [1.807, 2.05) is 0 Å². The van der Waals surface area contributed by atoms with E-state index >= 15 is 0 Å². The van der Waals surface area contributed by atoms with Crippen LogP contribution in [0.2, 0.25) is 0 Å². The fourth-order valence-corrected chi connectivity index (χ4v) is 1.72. The molecule has 1 rings (SSSR count). The molecule has 1 fully saturated rings. The molecular weight excluding hydrogens is 176 g/mol. The SMILES string of the molecule is C=COCCN1CCN(CCCC)C1. The summed E-state index contributed by atoms with van der Waals surface area (Å²) in [5, 5.41) is 0. The Kier molecular flexibility index (Phi) is 5.64. The van der Waals surface area contributed by atoms with Gasteiger partial charge in [0.05, 0.1) is 19.5 Å². The van der Waals surface area contributed by atoms with Crippen LogP contribution in [0.3, 0.4) is 0 Å². The third-order valence-corrected chi connectivity index (χ3v) is 2.60. The fraction of sp³-hybridized carbons (Fsp3) is 0.818. The molecule has 1 saturated heterocycles. The molecule has 0 aromatic rings. The molecule has 0 bridgehead atoms. The Hall–Kier alpha value is -0.540. The Morgan fingerprint density at radius 3 is 2.64 bits per heavy atom. The lowest BCUT2D eigenvalue weighted by molar-refractivity contribution is 0.176. The van der Waals surface area contributed by atoms with Gasteiger partial charge in [0.15, 0.2) is 0 Å². The lowest BCUT2D eigenvalue weighted by Crippen LogP contribution is -2.28. The van der Waals surface area contributed by atoms with E-state index in [1.54, 1.807) is 0 Å². The molecule has 0 spiro atoms. The lowest BCUT2D eigenvalue weighted by atomic mass is 10.3. The molecule has 0 aromatic heterocycles. The van der Waals surface area contributed by atoms with Gasteiger partial charge in [0.1, 0.15) is 0 Å². The maximum atomic E-state index is 5.12. The Balaban J connectivity index is 2.04. The Morgan fingerprint density at radius 1 is 1.29 bits per heavy atom. The van der Waals surface area contributed by atoms with E-state index in [0.717, 1.165) is 19.8 Å². The highest BCUT2D eigenvalue weighted by Crippen LogP contribution is 2.05. The van der Waals surface area contributed by atoms with Crippen LogP contribution in [0.4, 0.5) is 0 Å². The van der Waals surface area contributed by atoms with Crippen LogP contribution in [-0.2, 0) is 4.74 Å². The van der Waals surface area contributed by atoms with E-state index in [2.05, 4.69) is 23.3 Å². The summed E-state index contributed by atoms with van der Waals surface area (Å²) < 4.78 is 5.12. The van der Waals surface area contributed by atoms with Crippen molar-refractivity contribution in [3.8, 4) is 0 Å². The quantitative estimate of drug-likeness (QED) is 0.456. The highest BCUT2D eigenvalue weighted by atomic mass is 16.5. The summed E-state index contributed by atoms with van der Waals surface area (Å²) in [5.41, 5.74) is 0. The number of ether oxygens (including phenoxy) is 1. The average molecular weight is 198 g/mol. The molecule has 0 saturated carbocycles. The van der Waals surface area contributed by atoms with E-state index in [9.17, 15) is 0 Å². The first-order chi connectivity index (χ1) is 6.86. The average Bonchev–Trinajstić information content (AvgIpc) is 2.63. The second-order valence-corrected chi connectivity index (χ2v) is 3.77. The van der Waals surface area contributed by atoms with Gasteiger partial charge in [-0.1, -0.05) is 19.9 Å². The van der Waals surface area contributed by atoms with Gasteiger partial charge < -0.3 is 4.74 Å². The molecular formula is C11H22N2O. The van der Waals surface area contributed by atoms with Crippen molar-refractivity contribution in [1.82, 2.24) is 9.80 Å². The zero-order chi connectivity index (χ0) is 10.2. The van der Waals surface area contributed by atoms with E-state index in [4.69, 9.17) is 4.74 Å². The molecule has 0 aliphatic carbocycles. The van der Waals surface area contributed by atoms with Gasteiger partial charge >= 0.3 is 0 Å². The summed E-state index contributed by atoms with van der Waals surface area (Å²) in [6.07, 6.45) is 4.12. The smallest absolute Gasteiger partial charge is 0.1000 e. The third kappa shape index (κ3) is 4.11. The first-order valence-corrected chi connectivity index (χ1v) is 5.54. The van der Waals surface area contributed by atoms with Crippen LogP contribution in [0.5, 0.6) is 0 Å². The molecule has 0 unspecified atom stereocenters. The summed E-state index contributed by atoms with van der Waals surface area (Å²) in [6.45, 7) is 12.3. The minimum absolute atomic E-state index is 0.769. The van der Waals surface area contributed by atoms with Crippen molar-refractivity contribution in [2.24, 2.45) is 0 Å². The standard InChI is InChI=1S/C11H22N2O/c1-3-5-6-12-7-8-13(11-12)9-10-14-4-2/h4H,2-3,5-11H2,1H3. The second-order valence-electron chi connectivity index (χ2n) is 3.77. The van der Waals surface area contributed by atoms with Gasteiger partial charge in [-0.2, -0.15) is 0 Å². The minimum atomic E-state index is 0.769. The van der Waals surface area contributed by atoms with Crippen LogP contribution in [-0.4, -0.2) is 49.3 Å². The molecule has 82 valence electrons. The van der Waals surface area contributed by atoms with Crippen LogP contribution >= 0.6 is 0 Å². The van der Waals surface area contributed by atoms with Crippen molar-refractivity contribution in [2.45, 2.75) is 19.8 Å². The van der Waals surface area contributed by atoms with Crippen molar-refractivity contribution in [3.63, 3.8) is 0 Å². The van der Waals surface area contributed by atoms with Crippen molar-refractivity contribution < 1.29 is 4.74 Å². The Labute approximate surface area is 87.3 Å². The summed E-state index contributed by atoms with van der Waals surface area (Å²) in [4.78, 5) is 4.94. The molecule has 0 aromatic carbocycles. The largest absolute Gasteiger partial charge is 0.500 e. The topological polar surface area (TPSA) is 15.7 Å². The number of hydrogen-bond donors (Lipinski definition) is 0. The second kappa shape index (κ2) is 6.85. The van der Waals surface area contributed by atoms with Crippen molar-refractivity contribution in [2.75, 3.05) is 39.5 Å². The highest BCUT2D eigenvalue weighted by Gasteiger charge is 2.18. The molecule has 3 heteroatoms. The van der Waals surface area contributed by atoms with Gasteiger partial charge in [-0.05, 0) is 13.0 Å². The monoisotopic (exact) mass is 198 g/mol. The summed E-state index contributed by atoms with van der Waals surface area (Å²) in [7, 11) is 0. The normalized spacial score (nSPS) is 18.6. The van der Waals surface area contributed by atoms with Gasteiger partial charge in [0, 0.05) is 19.6 Å². The van der Waals surface area contributed by atoms with Gasteiger partial charge in [-0.3, -0.25) is 9.80 Å². The zero-order valence-electron chi connectivity index (χ0n) is 9.24. The van der Waals surface area contributed by atoms with E-state index in [-0.39, 0.29) is 0 Å². The first-order valence-electron chi connectivity index (χ1n) is 5.54. The van der Waals surface area contributed by atoms with Crippen LogP contribution in [0.25, 0.3) is 0 Å². The molecule has 1 heterocycles. The maximum absolute atomic E-state index is 5.12. The highest BCUT2D eigenvalue weighted by molar-refractivity contribution is 4.70. The Bertz CT molecular complexity index is 161. The van der Waals surface area contributed by atoms with Crippen molar-refractivity contribution >= 4 is 0 Å². The lowest BCUT2D eigenvalue weighted by Gasteiger charge is -2.17. The zero-order valence-corrected chi connectivity index (χ0v) is 9.24. The molecule has 0 atom stereocenters. The number of nitrogens with zero attached hydrogens (tertiary/aromatic N) is 2. The summed E-state index contributed by atoms with van der Waals surface area (Å²) in [6, 6.07) is 0.